The van der Waals surface area contributed by atoms with Crippen LogP contribution in [0.1, 0.15) is 24.6 Å². The molecule has 2 aromatic heterocycles. The molecule has 0 unspecified atom stereocenters. The number of fused-ring (bicyclic) bond motifs is 1. The maximum Gasteiger partial charge on any atom is 0.309 e. The number of hydrogen-bond acceptors (Lipinski definition) is 7. The molecule has 6 nitrogen and oxygen atoms in total. The third-order valence-corrected chi connectivity index (χ3v) is 4.77. The number of hydrogen-bond donors (Lipinski definition) is 0. The normalized spacial score (nSPS) is 10.9. The summed E-state index contributed by atoms with van der Waals surface area (Å²) in [7, 11) is 0. The molecule has 3 rings (SSSR count). The van der Waals surface area contributed by atoms with Crippen molar-refractivity contribution in [1.29, 1.82) is 0 Å². The number of aromatic nitrogens is 1. The summed E-state index contributed by atoms with van der Waals surface area (Å²) in [5.74, 6) is 0.236. The smallest absolute Gasteiger partial charge is 0.309 e. The Morgan fingerprint density at radius 3 is 2.81 bits per heavy atom. The van der Waals surface area contributed by atoms with E-state index >= 15 is 0 Å². The fourth-order valence-corrected chi connectivity index (χ4v) is 3.41. The minimum Gasteiger partial charge on any atom is -0.493 e. The third-order valence-electron chi connectivity index (χ3n) is 3.78. The second-order valence-corrected chi connectivity index (χ2v) is 6.65. The molecule has 0 atom stereocenters. The summed E-state index contributed by atoms with van der Waals surface area (Å²) in [6, 6.07) is 3.42. The number of carbonyl (C=O) groups excluding carboxylic acids is 1. The highest BCUT2D eigenvalue weighted by Crippen LogP contribution is 2.27. The summed E-state index contributed by atoms with van der Waals surface area (Å²) >= 11 is 1.41. The summed E-state index contributed by atoms with van der Waals surface area (Å²) in [4.78, 5) is 28.6. The van der Waals surface area contributed by atoms with Crippen molar-refractivity contribution in [2.24, 2.45) is 0 Å². The lowest BCUT2D eigenvalue weighted by Crippen LogP contribution is -2.10. The molecule has 2 heterocycles. The van der Waals surface area contributed by atoms with Gasteiger partial charge in [-0.15, -0.1) is 11.3 Å². The maximum atomic E-state index is 12.9. The van der Waals surface area contributed by atoms with Crippen molar-refractivity contribution < 1.29 is 18.7 Å². The van der Waals surface area contributed by atoms with Gasteiger partial charge in [-0.25, -0.2) is 4.98 Å². The first-order chi connectivity index (χ1) is 12.5. The van der Waals surface area contributed by atoms with Crippen LogP contribution in [-0.4, -0.2) is 24.2 Å². The molecular formula is C19H19NO5S. The number of benzene rings is 1. The van der Waals surface area contributed by atoms with E-state index in [9.17, 15) is 9.59 Å². The molecule has 136 valence electrons. The molecule has 0 spiro atoms. The van der Waals surface area contributed by atoms with E-state index in [0.29, 0.717) is 33.9 Å². The first-order valence-corrected chi connectivity index (χ1v) is 9.14. The van der Waals surface area contributed by atoms with Crippen LogP contribution in [0.3, 0.4) is 0 Å². The summed E-state index contributed by atoms with van der Waals surface area (Å²) in [6.45, 7) is 6.02. The molecule has 0 bridgehead atoms. The fraction of sp³-hybridized carbons (Fsp3) is 0.316. The summed E-state index contributed by atoms with van der Waals surface area (Å²) in [5.41, 5.74) is 2.40. The van der Waals surface area contributed by atoms with Crippen LogP contribution in [0.5, 0.6) is 5.75 Å². The zero-order valence-corrected chi connectivity index (χ0v) is 15.6. The lowest BCUT2D eigenvalue weighted by molar-refractivity contribution is -0.143. The number of esters is 1. The molecule has 0 N–H and O–H groups in total. The van der Waals surface area contributed by atoms with Crippen LogP contribution in [0.2, 0.25) is 0 Å². The molecule has 0 saturated carbocycles. The molecule has 1 aromatic carbocycles. The quantitative estimate of drug-likeness (QED) is 0.611. The zero-order chi connectivity index (χ0) is 18.7. The first-order valence-electron chi connectivity index (χ1n) is 8.26. The minimum atomic E-state index is -0.306. The van der Waals surface area contributed by atoms with Gasteiger partial charge in [-0.05, 0) is 32.4 Å². The highest BCUT2D eigenvalue weighted by Gasteiger charge is 2.15. The third kappa shape index (κ3) is 3.77. The van der Waals surface area contributed by atoms with Gasteiger partial charge in [0.2, 0.25) is 5.43 Å². The molecule has 26 heavy (non-hydrogen) atoms. The summed E-state index contributed by atoms with van der Waals surface area (Å²) < 4.78 is 16.1. The van der Waals surface area contributed by atoms with Crippen LogP contribution < -0.4 is 10.2 Å². The standard InChI is InChI=1S/C19H19NO5S/c1-4-23-16(21)5-6-24-13-7-11(2)17-15(8-13)25-9-14(18(17)22)19-20-12(3)10-26-19/h7-10H,4-6H2,1-3H3. The van der Waals surface area contributed by atoms with Gasteiger partial charge >= 0.3 is 5.97 Å². The first kappa shape index (κ1) is 18.1. The monoisotopic (exact) mass is 373 g/mol. The Morgan fingerprint density at radius 1 is 1.31 bits per heavy atom. The van der Waals surface area contributed by atoms with Gasteiger partial charge in [-0.1, -0.05) is 0 Å². The molecule has 0 aliphatic rings. The van der Waals surface area contributed by atoms with Crippen LogP contribution in [0.15, 0.2) is 33.0 Å². The fourth-order valence-electron chi connectivity index (χ4n) is 2.61. The van der Waals surface area contributed by atoms with E-state index in [2.05, 4.69) is 4.98 Å². The van der Waals surface area contributed by atoms with Crippen LogP contribution in [0, 0.1) is 13.8 Å². The van der Waals surface area contributed by atoms with Crippen molar-refractivity contribution in [3.05, 3.63) is 45.3 Å². The summed E-state index contributed by atoms with van der Waals surface area (Å²) in [6.07, 6.45) is 1.60. The Bertz CT molecular complexity index is 1000. The van der Waals surface area contributed by atoms with E-state index in [4.69, 9.17) is 13.9 Å². The van der Waals surface area contributed by atoms with E-state index in [1.165, 1.54) is 17.6 Å². The van der Waals surface area contributed by atoms with E-state index < -0.39 is 0 Å². The van der Waals surface area contributed by atoms with Crippen LogP contribution in [0.25, 0.3) is 21.5 Å². The predicted octanol–water partition coefficient (Wildman–Crippen LogP) is 3.87. The second-order valence-electron chi connectivity index (χ2n) is 5.79. The van der Waals surface area contributed by atoms with E-state index in [-0.39, 0.29) is 24.4 Å². The van der Waals surface area contributed by atoms with E-state index in [1.807, 2.05) is 19.2 Å². The lowest BCUT2D eigenvalue weighted by Gasteiger charge is -2.09. The van der Waals surface area contributed by atoms with Crippen molar-refractivity contribution in [2.45, 2.75) is 27.2 Å². The Labute approximate surface area is 154 Å². The Kier molecular flexibility index (Phi) is 5.37. The number of aryl methyl sites for hydroxylation is 2. The van der Waals surface area contributed by atoms with Gasteiger partial charge in [0, 0.05) is 17.1 Å². The number of carbonyl (C=O) groups is 1. The summed E-state index contributed by atoms with van der Waals surface area (Å²) in [5, 5.41) is 3.05. The highest BCUT2D eigenvalue weighted by molar-refractivity contribution is 7.13. The van der Waals surface area contributed by atoms with Gasteiger partial charge in [-0.2, -0.15) is 0 Å². The van der Waals surface area contributed by atoms with Gasteiger partial charge in [0.1, 0.15) is 22.6 Å². The van der Waals surface area contributed by atoms with Crippen molar-refractivity contribution in [1.82, 2.24) is 4.98 Å². The average molecular weight is 373 g/mol. The SMILES string of the molecule is CCOC(=O)CCOc1cc(C)c2c(=O)c(-c3nc(C)cs3)coc2c1. The Hall–Kier alpha value is -2.67. The van der Waals surface area contributed by atoms with Crippen LogP contribution in [-0.2, 0) is 9.53 Å². The Morgan fingerprint density at radius 2 is 2.12 bits per heavy atom. The largest absolute Gasteiger partial charge is 0.493 e. The molecule has 7 heteroatoms. The minimum absolute atomic E-state index is 0.115. The van der Waals surface area contributed by atoms with Gasteiger partial charge < -0.3 is 13.9 Å². The van der Waals surface area contributed by atoms with E-state index in [1.54, 1.807) is 19.1 Å². The van der Waals surface area contributed by atoms with Crippen molar-refractivity contribution in [3.8, 4) is 16.3 Å². The number of thiazole rings is 1. The van der Waals surface area contributed by atoms with Crippen molar-refractivity contribution in [2.75, 3.05) is 13.2 Å². The molecule has 3 aromatic rings. The van der Waals surface area contributed by atoms with Gasteiger partial charge in [0.05, 0.1) is 30.6 Å². The molecule has 0 radical (unpaired) electrons. The van der Waals surface area contributed by atoms with Crippen molar-refractivity contribution >= 4 is 28.3 Å². The van der Waals surface area contributed by atoms with Crippen LogP contribution in [0.4, 0.5) is 0 Å². The van der Waals surface area contributed by atoms with Crippen LogP contribution >= 0.6 is 11.3 Å². The average Bonchev–Trinajstić information content (AvgIpc) is 3.01. The number of rotatable bonds is 6. The molecule has 0 aliphatic heterocycles. The molecular weight excluding hydrogens is 354 g/mol. The molecule has 0 fully saturated rings. The zero-order valence-electron chi connectivity index (χ0n) is 14.8. The predicted molar refractivity (Wildman–Crippen MR) is 99.8 cm³/mol. The molecule has 0 saturated heterocycles. The van der Waals surface area contributed by atoms with Crippen molar-refractivity contribution in [3.63, 3.8) is 0 Å². The molecule has 0 aliphatic carbocycles. The van der Waals surface area contributed by atoms with Gasteiger partial charge in [-0.3, -0.25) is 9.59 Å². The maximum absolute atomic E-state index is 12.9. The number of nitrogens with zero attached hydrogens (tertiary/aromatic N) is 1. The molecule has 0 amide bonds. The Balaban J connectivity index is 1.88. The second kappa shape index (κ2) is 7.70. The van der Waals surface area contributed by atoms with Gasteiger partial charge in [0.15, 0.2) is 0 Å². The highest BCUT2D eigenvalue weighted by atomic mass is 32.1. The lowest BCUT2D eigenvalue weighted by atomic mass is 10.1. The van der Waals surface area contributed by atoms with E-state index in [0.717, 1.165) is 11.3 Å². The topological polar surface area (TPSA) is 78.6 Å². The van der Waals surface area contributed by atoms with Gasteiger partial charge in [0.25, 0.3) is 0 Å². The number of ether oxygens (including phenoxy) is 2.